The molecule has 0 bridgehead atoms. The van der Waals surface area contributed by atoms with Crippen molar-refractivity contribution in [2.24, 2.45) is 0 Å². The van der Waals surface area contributed by atoms with Gasteiger partial charge in [-0.05, 0) is 41.7 Å². The number of hydrogen-bond acceptors (Lipinski definition) is 7. The monoisotopic (exact) mass is 636 g/mol. The van der Waals surface area contributed by atoms with Crippen molar-refractivity contribution in [2.75, 3.05) is 6.61 Å². The van der Waals surface area contributed by atoms with Crippen molar-refractivity contribution in [3.8, 4) is 0 Å². The summed E-state index contributed by atoms with van der Waals surface area (Å²) in [6, 6.07) is 39.0. The summed E-state index contributed by atoms with van der Waals surface area (Å²) in [6.07, 6.45) is 1.57. The Bertz CT molecular complexity index is 1460. The van der Waals surface area contributed by atoms with Crippen LogP contribution < -0.4 is 0 Å². The van der Waals surface area contributed by atoms with E-state index in [1.807, 2.05) is 109 Å². The molecule has 0 spiro atoms. The minimum absolute atomic E-state index is 0.00544. The van der Waals surface area contributed by atoms with E-state index in [9.17, 15) is 4.79 Å². The normalized spacial score (nSPS) is 23.3. The van der Waals surface area contributed by atoms with Crippen LogP contribution in [0.4, 0.5) is 0 Å². The molecule has 1 heterocycles. The molecule has 1 saturated heterocycles. The van der Waals surface area contributed by atoms with Crippen molar-refractivity contribution in [3.05, 3.63) is 144 Å². The average Bonchev–Trinajstić information content (AvgIpc) is 3.13. The molecule has 5 atom stereocenters. The lowest BCUT2D eigenvalue weighted by molar-refractivity contribution is -0.327. The van der Waals surface area contributed by atoms with Crippen LogP contribution in [0, 0.1) is 0 Å². The second-order valence-corrected chi connectivity index (χ2v) is 12.2. The molecule has 1 saturated carbocycles. The lowest BCUT2D eigenvalue weighted by Crippen LogP contribution is -2.62. The lowest BCUT2D eigenvalue weighted by Gasteiger charge is -2.46. The van der Waals surface area contributed by atoms with E-state index in [1.54, 1.807) is 12.1 Å². The van der Waals surface area contributed by atoms with E-state index in [4.69, 9.17) is 28.4 Å². The predicted octanol–water partition coefficient (Wildman–Crippen LogP) is 7.67. The van der Waals surface area contributed by atoms with Crippen molar-refractivity contribution in [3.63, 3.8) is 0 Å². The van der Waals surface area contributed by atoms with E-state index < -0.39 is 36.7 Å². The number of rotatable bonds is 14. The summed E-state index contributed by atoms with van der Waals surface area (Å²) < 4.78 is 39.3. The number of benzene rings is 4. The molecule has 4 aromatic rings. The predicted molar refractivity (Wildman–Crippen MR) is 178 cm³/mol. The highest BCUT2D eigenvalue weighted by molar-refractivity contribution is 5.89. The van der Waals surface area contributed by atoms with E-state index >= 15 is 0 Å². The molecule has 6 rings (SSSR count). The largest absolute Gasteiger partial charge is 0.450 e. The summed E-state index contributed by atoms with van der Waals surface area (Å²) in [4.78, 5) is 13.6. The highest BCUT2D eigenvalue weighted by Crippen LogP contribution is 2.34. The molecule has 7 heteroatoms. The molecule has 47 heavy (non-hydrogen) atoms. The fourth-order valence-electron chi connectivity index (χ4n) is 6.20. The van der Waals surface area contributed by atoms with Crippen molar-refractivity contribution >= 4 is 5.97 Å². The Kier molecular flexibility index (Phi) is 12.2. The molecule has 2 fully saturated rings. The molecule has 246 valence electrons. The van der Waals surface area contributed by atoms with Gasteiger partial charge in [0.25, 0.3) is 0 Å². The molecule has 0 amide bonds. The third kappa shape index (κ3) is 9.60. The molecule has 2 aliphatic rings. The zero-order valence-electron chi connectivity index (χ0n) is 26.7. The number of carbonyl (C=O) groups is 1. The van der Waals surface area contributed by atoms with Crippen LogP contribution in [0.2, 0.25) is 0 Å². The Morgan fingerprint density at radius 2 is 1.11 bits per heavy atom. The highest BCUT2D eigenvalue weighted by Gasteiger charge is 2.51. The summed E-state index contributed by atoms with van der Waals surface area (Å²) in [5.41, 5.74) is 3.51. The molecule has 0 N–H and O–H groups in total. The Morgan fingerprint density at radius 3 is 1.68 bits per heavy atom. The Labute approximate surface area is 277 Å². The third-order valence-electron chi connectivity index (χ3n) is 8.69. The first-order valence-electron chi connectivity index (χ1n) is 16.7. The summed E-state index contributed by atoms with van der Waals surface area (Å²) in [7, 11) is 0. The molecule has 1 unspecified atom stereocenters. The van der Waals surface area contributed by atoms with Gasteiger partial charge in [0.05, 0.1) is 38.1 Å². The number of carbonyl (C=O) groups excluding carboxylic acids is 1. The quantitative estimate of drug-likeness (QED) is 0.132. The van der Waals surface area contributed by atoms with Crippen LogP contribution >= 0.6 is 0 Å². The van der Waals surface area contributed by atoms with Gasteiger partial charge in [-0.2, -0.15) is 0 Å². The van der Waals surface area contributed by atoms with Crippen LogP contribution in [-0.4, -0.2) is 49.4 Å². The number of hydrogen-bond donors (Lipinski definition) is 0. The first kappa shape index (κ1) is 33.1. The first-order valence-corrected chi connectivity index (χ1v) is 16.7. The first-order chi connectivity index (χ1) is 23.2. The van der Waals surface area contributed by atoms with E-state index in [1.165, 1.54) is 6.42 Å². The summed E-state index contributed by atoms with van der Waals surface area (Å²) >= 11 is 0. The van der Waals surface area contributed by atoms with Crippen molar-refractivity contribution in [1.82, 2.24) is 0 Å². The van der Waals surface area contributed by atoms with Crippen LogP contribution in [-0.2, 0) is 48.2 Å². The van der Waals surface area contributed by atoms with Gasteiger partial charge in [0.1, 0.15) is 18.3 Å². The van der Waals surface area contributed by atoms with Gasteiger partial charge in [-0.3, -0.25) is 0 Å². The fraction of sp³-hybridized carbons (Fsp3) is 0.375. The molecule has 0 aromatic heterocycles. The van der Waals surface area contributed by atoms with Gasteiger partial charge in [0, 0.05) is 0 Å². The van der Waals surface area contributed by atoms with Crippen molar-refractivity contribution < 1.29 is 33.2 Å². The standard InChI is InChI=1S/C40H44O7/c41-39(33-22-12-4-13-23-33)47-38-37(44-28-32-20-10-3-11-21-32)36(43-27-31-18-8-2-9-19-31)35(29-42-26-30-16-6-1-7-17-30)46-40(38)45-34-24-14-5-15-25-34/h1-4,6-13,16-23,34-38,40H,5,14-15,24-29H2/t35-,36-,37+,38-,40?/m1/s1. The van der Waals surface area contributed by atoms with Crippen LogP contribution in [0.3, 0.4) is 0 Å². The second-order valence-electron chi connectivity index (χ2n) is 12.2. The summed E-state index contributed by atoms with van der Waals surface area (Å²) in [5.74, 6) is -0.467. The van der Waals surface area contributed by atoms with Gasteiger partial charge in [0.2, 0.25) is 0 Å². The molecular weight excluding hydrogens is 592 g/mol. The molecule has 4 aromatic carbocycles. The van der Waals surface area contributed by atoms with Gasteiger partial charge >= 0.3 is 5.97 Å². The molecule has 0 radical (unpaired) electrons. The van der Waals surface area contributed by atoms with Crippen LogP contribution in [0.1, 0.15) is 59.2 Å². The van der Waals surface area contributed by atoms with Crippen LogP contribution in [0.15, 0.2) is 121 Å². The second kappa shape index (κ2) is 17.3. The maximum absolute atomic E-state index is 13.6. The van der Waals surface area contributed by atoms with E-state index in [0.29, 0.717) is 25.4 Å². The zero-order valence-corrected chi connectivity index (χ0v) is 26.7. The molecule has 1 aliphatic carbocycles. The smallest absolute Gasteiger partial charge is 0.338 e. The van der Waals surface area contributed by atoms with Crippen molar-refractivity contribution in [2.45, 2.75) is 88.7 Å². The SMILES string of the molecule is O=C(O[C@H]1C(OC2CCCCC2)O[C@H](COCc2ccccc2)[C@@H](OCc2ccccc2)[C@@H]1OCc1ccccc1)c1ccccc1. The molecular formula is C40H44O7. The van der Waals surface area contributed by atoms with E-state index in [0.717, 1.165) is 42.4 Å². The van der Waals surface area contributed by atoms with Gasteiger partial charge in [0.15, 0.2) is 12.4 Å². The maximum Gasteiger partial charge on any atom is 0.338 e. The fourth-order valence-corrected chi connectivity index (χ4v) is 6.20. The zero-order chi connectivity index (χ0) is 32.1. The van der Waals surface area contributed by atoms with E-state index in [2.05, 4.69) is 0 Å². The minimum atomic E-state index is -0.889. The topological polar surface area (TPSA) is 72.5 Å². The van der Waals surface area contributed by atoms with Crippen molar-refractivity contribution in [1.29, 1.82) is 0 Å². The van der Waals surface area contributed by atoms with Crippen LogP contribution in [0.5, 0.6) is 0 Å². The Balaban J connectivity index is 1.31. The number of ether oxygens (including phenoxy) is 6. The van der Waals surface area contributed by atoms with Gasteiger partial charge in [-0.25, -0.2) is 4.79 Å². The Hall–Kier alpha value is -3.85. The maximum atomic E-state index is 13.6. The highest BCUT2D eigenvalue weighted by atomic mass is 16.7. The van der Waals surface area contributed by atoms with Gasteiger partial charge in [-0.1, -0.05) is 128 Å². The molecule has 1 aliphatic heterocycles. The van der Waals surface area contributed by atoms with Crippen LogP contribution in [0.25, 0.3) is 0 Å². The van der Waals surface area contributed by atoms with Gasteiger partial charge in [-0.15, -0.1) is 0 Å². The molecule has 7 nitrogen and oxygen atoms in total. The average molecular weight is 637 g/mol. The summed E-state index contributed by atoms with van der Waals surface area (Å²) in [6.45, 7) is 1.28. The minimum Gasteiger partial charge on any atom is -0.450 e. The summed E-state index contributed by atoms with van der Waals surface area (Å²) in [5, 5.41) is 0. The Morgan fingerprint density at radius 1 is 0.596 bits per heavy atom. The third-order valence-corrected chi connectivity index (χ3v) is 8.69. The lowest BCUT2D eigenvalue weighted by atomic mass is 9.96. The van der Waals surface area contributed by atoms with Gasteiger partial charge < -0.3 is 28.4 Å². The van der Waals surface area contributed by atoms with E-state index in [-0.39, 0.29) is 12.7 Å². The number of esters is 1.